The molecule has 0 spiro atoms. The summed E-state index contributed by atoms with van der Waals surface area (Å²) >= 11 is 0. The normalized spacial score (nSPS) is 10.5. The van der Waals surface area contributed by atoms with E-state index >= 15 is 0 Å². The maximum absolute atomic E-state index is 5.87. The summed E-state index contributed by atoms with van der Waals surface area (Å²) < 4.78 is 10.9. The van der Waals surface area contributed by atoms with Gasteiger partial charge in [0.2, 0.25) is 5.88 Å². The Labute approximate surface area is 125 Å². The Morgan fingerprint density at radius 3 is 2.43 bits per heavy atom. The molecule has 0 aliphatic rings. The number of ether oxygens (including phenoxy) is 2. The Morgan fingerprint density at radius 1 is 1.10 bits per heavy atom. The van der Waals surface area contributed by atoms with Crippen LogP contribution in [0.2, 0.25) is 0 Å². The summed E-state index contributed by atoms with van der Waals surface area (Å²) in [5.74, 6) is 2.81. The van der Waals surface area contributed by atoms with E-state index in [9.17, 15) is 0 Å². The van der Waals surface area contributed by atoms with Crippen LogP contribution in [0.5, 0.6) is 11.6 Å². The molecule has 0 saturated carbocycles. The van der Waals surface area contributed by atoms with Gasteiger partial charge in [0.25, 0.3) is 0 Å². The minimum Gasteiger partial charge on any atom is -0.439 e. The zero-order valence-electron chi connectivity index (χ0n) is 12.9. The lowest BCUT2D eigenvalue weighted by Gasteiger charge is -2.12. The lowest BCUT2D eigenvalue weighted by molar-refractivity contribution is 0.202. The third-order valence-corrected chi connectivity index (χ3v) is 3.18. The number of aryl methyl sites for hydroxylation is 1. The highest BCUT2D eigenvalue weighted by molar-refractivity contribution is 5.49. The lowest BCUT2D eigenvalue weighted by atomic mass is 10.1. The molecule has 0 amide bonds. The molecule has 112 valence electrons. The van der Waals surface area contributed by atoms with Gasteiger partial charge in [-0.25, -0.2) is 4.98 Å². The van der Waals surface area contributed by atoms with Crippen molar-refractivity contribution < 1.29 is 9.47 Å². The predicted octanol–water partition coefficient (Wildman–Crippen LogP) is 3.12. The maximum Gasteiger partial charge on any atom is 0.227 e. The molecule has 2 aromatic rings. The summed E-state index contributed by atoms with van der Waals surface area (Å²) in [5, 5.41) is 3.05. The van der Waals surface area contributed by atoms with Crippen LogP contribution in [-0.2, 0) is 11.2 Å². The second-order valence-electron chi connectivity index (χ2n) is 4.79. The molecule has 0 aliphatic heterocycles. The lowest BCUT2D eigenvalue weighted by Crippen LogP contribution is -2.03. The first-order valence-electron chi connectivity index (χ1n) is 6.92. The van der Waals surface area contributed by atoms with Crippen molar-refractivity contribution >= 4 is 5.82 Å². The van der Waals surface area contributed by atoms with Crippen LogP contribution in [-0.4, -0.2) is 30.7 Å². The topological polar surface area (TPSA) is 56.3 Å². The van der Waals surface area contributed by atoms with Gasteiger partial charge in [-0.1, -0.05) is 12.1 Å². The van der Waals surface area contributed by atoms with Crippen molar-refractivity contribution in [3.8, 4) is 11.6 Å². The molecule has 0 radical (unpaired) electrons. The Hall–Kier alpha value is -2.14. The van der Waals surface area contributed by atoms with E-state index in [4.69, 9.17) is 9.47 Å². The van der Waals surface area contributed by atoms with Gasteiger partial charge < -0.3 is 14.8 Å². The van der Waals surface area contributed by atoms with Crippen molar-refractivity contribution in [1.29, 1.82) is 0 Å². The number of methoxy groups -OCH3 is 1. The van der Waals surface area contributed by atoms with E-state index in [2.05, 4.69) is 15.3 Å². The second-order valence-corrected chi connectivity index (χ2v) is 4.79. The van der Waals surface area contributed by atoms with Crippen molar-refractivity contribution in [3.05, 3.63) is 41.2 Å². The van der Waals surface area contributed by atoms with Gasteiger partial charge in [0.1, 0.15) is 17.4 Å². The van der Waals surface area contributed by atoms with E-state index in [1.54, 1.807) is 7.11 Å². The van der Waals surface area contributed by atoms with Gasteiger partial charge in [-0.05, 0) is 38.0 Å². The average molecular weight is 287 g/mol. The molecular formula is C16H21N3O2. The van der Waals surface area contributed by atoms with Crippen molar-refractivity contribution in [2.24, 2.45) is 0 Å². The number of anilines is 1. The van der Waals surface area contributed by atoms with Crippen LogP contribution in [0.25, 0.3) is 0 Å². The van der Waals surface area contributed by atoms with E-state index in [1.165, 1.54) is 5.56 Å². The summed E-state index contributed by atoms with van der Waals surface area (Å²) in [7, 11) is 3.54. The van der Waals surface area contributed by atoms with Crippen molar-refractivity contribution in [3.63, 3.8) is 0 Å². The summed E-state index contributed by atoms with van der Waals surface area (Å²) in [5.41, 5.74) is 2.11. The Morgan fingerprint density at radius 2 is 1.81 bits per heavy atom. The molecule has 1 N–H and O–H groups in total. The zero-order chi connectivity index (χ0) is 15.2. The van der Waals surface area contributed by atoms with Crippen molar-refractivity contribution in [2.75, 3.05) is 26.1 Å². The molecule has 21 heavy (non-hydrogen) atoms. The van der Waals surface area contributed by atoms with Gasteiger partial charge >= 0.3 is 0 Å². The van der Waals surface area contributed by atoms with Gasteiger partial charge in [-0.2, -0.15) is 4.98 Å². The number of aromatic nitrogens is 2. The highest BCUT2D eigenvalue weighted by Crippen LogP contribution is 2.27. The molecule has 5 heteroatoms. The zero-order valence-corrected chi connectivity index (χ0v) is 12.9. The standard InChI is InChI=1S/C16H21N3O2/c1-11-15(17-3)18-12(2)19-16(11)21-14-7-5-13(6-8-14)9-10-20-4/h5-8H,9-10H2,1-4H3,(H,17,18,19). The molecule has 1 heterocycles. The van der Waals surface area contributed by atoms with Crippen LogP contribution in [0, 0.1) is 13.8 Å². The summed E-state index contributed by atoms with van der Waals surface area (Å²) in [6.45, 7) is 4.50. The van der Waals surface area contributed by atoms with Gasteiger partial charge in [0.15, 0.2) is 0 Å². The van der Waals surface area contributed by atoms with Crippen LogP contribution in [0.3, 0.4) is 0 Å². The SMILES string of the molecule is CNc1nc(C)nc(Oc2ccc(CCOC)cc2)c1C. The first-order chi connectivity index (χ1) is 10.1. The number of hydrogen-bond acceptors (Lipinski definition) is 5. The largest absolute Gasteiger partial charge is 0.439 e. The molecule has 0 saturated heterocycles. The molecule has 0 aliphatic carbocycles. The van der Waals surface area contributed by atoms with Gasteiger partial charge in [0, 0.05) is 14.2 Å². The fourth-order valence-electron chi connectivity index (χ4n) is 2.00. The number of nitrogens with one attached hydrogen (secondary N) is 1. The molecule has 1 aromatic heterocycles. The quantitative estimate of drug-likeness (QED) is 0.884. The molecule has 0 atom stereocenters. The fraction of sp³-hybridized carbons (Fsp3) is 0.375. The van der Waals surface area contributed by atoms with Gasteiger partial charge in [0.05, 0.1) is 12.2 Å². The number of rotatable bonds is 6. The maximum atomic E-state index is 5.87. The highest BCUT2D eigenvalue weighted by atomic mass is 16.5. The summed E-state index contributed by atoms with van der Waals surface area (Å²) in [6, 6.07) is 7.97. The third-order valence-electron chi connectivity index (χ3n) is 3.18. The van der Waals surface area contributed by atoms with E-state index in [-0.39, 0.29) is 0 Å². The molecule has 0 unspecified atom stereocenters. The molecular weight excluding hydrogens is 266 g/mol. The van der Waals surface area contributed by atoms with Crippen LogP contribution < -0.4 is 10.1 Å². The highest BCUT2D eigenvalue weighted by Gasteiger charge is 2.10. The van der Waals surface area contributed by atoms with Crippen LogP contribution in [0.15, 0.2) is 24.3 Å². The van der Waals surface area contributed by atoms with E-state index in [0.717, 1.165) is 30.2 Å². The first kappa shape index (κ1) is 15.3. The summed E-state index contributed by atoms with van der Waals surface area (Å²) in [6.07, 6.45) is 0.895. The smallest absolute Gasteiger partial charge is 0.227 e. The Kier molecular flexibility index (Phi) is 5.11. The fourth-order valence-corrected chi connectivity index (χ4v) is 2.00. The van der Waals surface area contributed by atoms with Gasteiger partial charge in [-0.15, -0.1) is 0 Å². The van der Waals surface area contributed by atoms with Crippen LogP contribution in [0.1, 0.15) is 17.0 Å². The monoisotopic (exact) mass is 287 g/mol. The van der Waals surface area contributed by atoms with E-state index in [1.807, 2.05) is 45.2 Å². The Bertz CT molecular complexity index is 597. The first-order valence-corrected chi connectivity index (χ1v) is 6.92. The molecule has 1 aromatic carbocycles. The average Bonchev–Trinajstić information content (AvgIpc) is 2.49. The Balaban J connectivity index is 2.16. The third kappa shape index (κ3) is 3.92. The predicted molar refractivity (Wildman–Crippen MR) is 83.1 cm³/mol. The van der Waals surface area contributed by atoms with Gasteiger partial charge in [-0.3, -0.25) is 0 Å². The molecule has 5 nitrogen and oxygen atoms in total. The van der Waals surface area contributed by atoms with Crippen molar-refractivity contribution in [1.82, 2.24) is 9.97 Å². The second kappa shape index (κ2) is 7.04. The number of benzene rings is 1. The van der Waals surface area contributed by atoms with E-state index < -0.39 is 0 Å². The van der Waals surface area contributed by atoms with Crippen LogP contribution in [0.4, 0.5) is 5.82 Å². The number of hydrogen-bond donors (Lipinski definition) is 1. The van der Waals surface area contributed by atoms with Crippen LogP contribution >= 0.6 is 0 Å². The van der Waals surface area contributed by atoms with E-state index in [0.29, 0.717) is 11.7 Å². The minimum absolute atomic E-state index is 0.580. The molecule has 0 fully saturated rings. The summed E-state index contributed by atoms with van der Waals surface area (Å²) in [4.78, 5) is 8.68. The molecule has 2 rings (SSSR count). The minimum atomic E-state index is 0.580. The number of nitrogens with zero attached hydrogens (tertiary/aromatic N) is 2. The van der Waals surface area contributed by atoms with Crippen molar-refractivity contribution in [2.45, 2.75) is 20.3 Å². The molecule has 0 bridgehead atoms.